The van der Waals surface area contributed by atoms with Crippen molar-refractivity contribution < 1.29 is 9.90 Å². The topological polar surface area (TPSA) is 96.6 Å². The van der Waals surface area contributed by atoms with Gasteiger partial charge in [-0.15, -0.1) is 0 Å². The maximum Gasteiger partial charge on any atom is 0.267 e. The quantitative estimate of drug-likeness (QED) is 0.535. The van der Waals surface area contributed by atoms with Crippen molar-refractivity contribution in [2.24, 2.45) is 11.0 Å². The number of nitrogens with one attached hydrogen (secondary N) is 1. The predicted octanol–water partition coefficient (Wildman–Crippen LogP) is 2.60. The van der Waals surface area contributed by atoms with Crippen LogP contribution in [0.4, 0.5) is 0 Å². The summed E-state index contributed by atoms with van der Waals surface area (Å²) in [5.41, 5.74) is 2.35. The third-order valence-electron chi connectivity index (χ3n) is 4.36. The van der Waals surface area contributed by atoms with Crippen molar-refractivity contribution >= 4 is 34.5 Å². The van der Waals surface area contributed by atoms with Gasteiger partial charge in [0.1, 0.15) is 5.82 Å². The maximum atomic E-state index is 12.9. The maximum absolute atomic E-state index is 12.9. The van der Waals surface area contributed by atoms with Crippen LogP contribution in [0, 0.1) is 5.92 Å². The van der Waals surface area contributed by atoms with Crippen LogP contribution in [-0.4, -0.2) is 26.8 Å². The number of aromatic nitrogens is 2. The first-order chi connectivity index (χ1) is 13.1. The summed E-state index contributed by atoms with van der Waals surface area (Å²) in [7, 11) is 0. The number of pyridine rings is 2. The van der Waals surface area contributed by atoms with Crippen LogP contribution in [0.5, 0.6) is 5.88 Å². The molecule has 1 aliphatic rings. The summed E-state index contributed by atoms with van der Waals surface area (Å²) in [6, 6.07) is 9.97. The zero-order valence-electron chi connectivity index (χ0n) is 14.1. The molecule has 2 aromatic heterocycles. The summed E-state index contributed by atoms with van der Waals surface area (Å²) in [5, 5.41) is 16.0. The van der Waals surface area contributed by atoms with Gasteiger partial charge in [0.15, 0.2) is 0 Å². The average Bonchev–Trinajstić information content (AvgIpc) is 3.51. The minimum atomic E-state index is -0.419. The summed E-state index contributed by atoms with van der Waals surface area (Å²) in [6.07, 6.45) is 4.46. The fourth-order valence-electron chi connectivity index (χ4n) is 2.80. The van der Waals surface area contributed by atoms with Gasteiger partial charge in [0.2, 0.25) is 11.8 Å². The molecule has 0 saturated heterocycles. The number of halogens is 1. The number of carbonyl (C=O) groups excluding carboxylic acids is 1. The number of nitrogens with zero attached hydrogens (tertiary/aromatic N) is 3. The van der Waals surface area contributed by atoms with Gasteiger partial charge in [0.25, 0.3) is 5.56 Å². The predicted molar refractivity (Wildman–Crippen MR) is 102 cm³/mol. The molecule has 1 amide bonds. The molecule has 0 spiro atoms. The van der Waals surface area contributed by atoms with Crippen LogP contribution in [0.3, 0.4) is 0 Å². The first-order valence-electron chi connectivity index (χ1n) is 8.38. The van der Waals surface area contributed by atoms with Gasteiger partial charge >= 0.3 is 0 Å². The normalized spacial score (nSPS) is 14.0. The van der Waals surface area contributed by atoms with Crippen molar-refractivity contribution in [2.75, 3.05) is 0 Å². The summed E-state index contributed by atoms with van der Waals surface area (Å²) >= 11 is 5.86. The van der Waals surface area contributed by atoms with E-state index in [1.54, 1.807) is 30.3 Å². The number of carbonyl (C=O) groups is 1. The van der Waals surface area contributed by atoms with Crippen molar-refractivity contribution in [3.8, 4) is 11.7 Å². The number of aromatic hydroxyl groups is 1. The summed E-state index contributed by atoms with van der Waals surface area (Å²) < 4.78 is 1.09. The van der Waals surface area contributed by atoms with Gasteiger partial charge in [0, 0.05) is 22.9 Å². The Morgan fingerprint density at radius 2 is 2.00 bits per heavy atom. The van der Waals surface area contributed by atoms with Crippen molar-refractivity contribution in [2.45, 2.75) is 12.8 Å². The number of hydrogen-bond donors (Lipinski definition) is 2. The molecule has 0 aliphatic heterocycles. The second kappa shape index (κ2) is 6.85. The number of benzene rings is 1. The summed E-state index contributed by atoms with van der Waals surface area (Å²) in [4.78, 5) is 28.8. The Labute approximate surface area is 158 Å². The smallest absolute Gasteiger partial charge is 0.267 e. The Balaban J connectivity index is 1.86. The highest BCUT2D eigenvalue weighted by Crippen LogP contribution is 2.29. The van der Waals surface area contributed by atoms with Crippen molar-refractivity contribution in [1.29, 1.82) is 0 Å². The molecule has 1 aliphatic carbocycles. The van der Waals surface area contributed by atoms with E-state index in [-0.39, 0.29) is 23.5 Å². The van der Waals surface area contributed by atoms with Gasteiger partial charge in [0.05, 0.1) is 16.8 Å². The molecular weight excluding hydrogens is 368 g/mol. The SMILES string of the molecule is O=C(N/N=C\c1c(O)n(-c2ccc(Cl)cn2)c(=O)c2ccccc12)C1CC1. The van der Waals surface area contributed by atoms with Crippen LogP contribution in [-0.2, 0) is 4.79 Å². The number of fused-ring (bicyclic) bond motifs is 1. The molecule has 0 bridgehead atoms. The lowest BCUT2D eigenvalue weighted by atomic mass is 10.1. The lowest BCUT2D eigenvalue weighted by Gasteiger charge is -2.12. The Morgan fingerprint density at radius 1 is 1.26 bits per heavy atom. The third kappa shape index (κ3) is 3.29. The molecule has 3 aromatic rings. The largest absolute Gasteiger partial charge is 0.494 e. The van der Waals surface area contributed by atoms with Crippen LogP contribution in [0.2, 0.25) is 5.02 Å². The number of hydrazone groups is 1. The van der Waals surface area contributed by atoms with Gasteiger partial charge < -0.3 is 5.11 Å². The van der Waals surface area contributed by atoms with Crippen molar-refractivity contribution in [1.82, 2.24) is 15.0 Å². The van der Waals surface area contributed by atoms with Gasteiger partial charge in [-0.25, -0.2) is 15.0 Å². The molecule has 7 nitrogen and oxygen atoms in total. The first-order valence-corrected chi connectivity index (χ1v) is 8.75. The van der Waals surface area contributed by atoms with Crippen molar-refractivity contribution in [3.05, 3.63) is 63.5 Å². The fraction of sp³-hybridized carbons (Fsp3) is 0.158. The highest BCUT2D eigenvalue weighted by molar-refractivity contribution is 6.30. The summed E-state index contributed by atoms with van der Waals surface area (Å²) in [5.74, 6) is -0.232. The Bertz CT molecular complexity index is 1120. The number of rotatable bonds is 4. The molecule has 0 radical (unpaired) electrons. The van der Waals surface area contributed by atoms with E-state index in [2.05, 4.69) is 15.5 Å². The Kier molecular flexibility index (Phi) is 4.37. The molecule has 2 N–H and O–H groups in total. The number of amides is 1. The van der Waals surface area contributed by atoms with Gasteiger partial charge in [-0.05, 0) is 31.0 Å². The van der Waals surface area contributed by atoms with E-state index in [1.807, 2.05) is 0 Å². The van der Waals surface area contributed by atoms with E-state index in [4.69, 9.17) is 11.6 Å². The van der Waals surface area contributed by atoms with E-state index in [1.165, 1.54) is 18.5 Å². The van der Waals surface area contributed by atoms with E-state index in [0.717, 1.165) is 17.4 Å². The van der Waals surface area contributed by atoms with E-state index < -0.39 is 5.56 Å². The molecule has 1 saturated carbocycles. The Hall–Kier alpha value is -3.19. The zero-order valence-corrected chi connectivity index (χ0v) is 14.8. The molecule has 1 fully saturated rings. The lowest BCUT2D eigenvalue weighted by Crippen LogP contribution is -2.22. The number of hydrogen-bond acceptors (Lipinski definition) is 5. The van der Waals surface area contributed by atoms with Crippen LogP contribution in [0.15, 0.2) is 52.5 Å². The highest BCUT2D eigenvalue weighted by atomic mass is 35.5. The third-order valence-corrected chi connectivity index (χ3v) is 4.58. The van der Waals surface area contributed by atoms with E-state index in [9.17, 15) is 14.7 Å². The average molecular weight is 383 g/mol. The van der Waals surface area contributed by atoms with E-state index in [0.29, 0.717) is 21.4 Å². The zero-order chi connectivity index (χ0) is 19.0. The molecule has 27 heavy (non-hydrogen) atoms. The molecule has 4 rings (SSSR count). The molecule has 136 valence electrons. The fourth-order valence-corrected chi connectivity index (χ4v) is 2.91. The molecule has 2 heterocycles. The van der Waals surface area contributed by atoms with E-state index >= 15 is 0 Å². The summed E-state index contributed by atoms with van der Waals surface area (Å²) in [6.45, 7) is 0. The molecule has 0 unspecified atom stereocenters. The molecule has 1 aromatic carbocycles. The Morgan fingerprint density at radius 3 is 2.67 bits per heavy atom. The van der Waals surface area contributed by atoms with Crippen molar-refractivity contribution in [3.63, 3.8) is 0 Å². The molecule has 8 heteroatoms. The van der Waals surface area contributed by atoms with Crippen LogP contribution in [0.1, 0.15) is 18.4 Å². The molecular formula is C19H15ClN4O3. The minimum Gasteiger partial charge on any atom is -0.494 e. The molecule has 0 atom stereocenters. The lowest BCUT2D eigenvalue weighted by molar-refractivity contribution is -0.122. The minimum absolute atomic E-state index is 0.0136. The standard InChI is InChI=1S/C19H15ClN4O3/c20-12-7-8-16(21-9-12)24-18(26)14-4-2-1-3-13(14)15(19(24)27)10-22-23-17(25)11-5-6-11/h1-4,7-11,27H,5-6H2,(H,23,25)/b22-10-. The van der Waals surface area contributed by atoms with Gasteiger partial charge in [-0.3, -0.25) is 9.59 Å². The van der Waals surface area contributed by atoms with Crippen LogP contribution >= 0.6 is 11.6 Å². The highest BCUT2D eigenvalue weighted by Gasteiger charge is 2.29. The van der Waals surface area contributed by atoms with Gasteiger partial charge in [-0.1, -0.05) is 29.8 Å². The van der Waals surface area contributed by atoms with Gasteiger partial charge in [-0.2, -0.15) is 5.10 Å². The first kappa shape index (κ1) is 17.2. The van der Waals surface area contributed by atoms with Crippen LogP contribution < -0.4 is 11.0 Å². The monoisotopic (exact) mass is 382 g/mol. The van der Waals surface area contributed by atoms with Crippen LogP contribution in [0.25, 0.3) is 16.6 Å². The second-order valence-electron chi connectivity index (χ2n) is 6.27. The second-order valence-corrected chi connectivity index (χ2v) is 6.70.